The molecular formula is C15H17ClO4. The Morgan fingerprint density at radius 1 is 1.15 bits per heavy atom. The second kappa shape index (κ2) is 6.68. The molecule has 2 aromatic rings. The summed E-state index contributed by atoms with van der Waals surface area (Å²) in [6, 6.07) is 6.95. The van der Waals surface area contributed by atoms with E-state index in [9.17, 15) is 5.11 Å². The molecule has 1 atom stereocenters. The van der Waals surface area contributed by atoms with E-state index in [1.165, 1.54) is 6.26 Å². The third kappa shape index (κ3) is 3.08. The predicted molar refractivity (Wildman–Crippen MR) is 76.6 cm³/mol. The zero-order chi connectivity index (χ0) is 14.5. The van der Waals surface area contributed by atoms with Crippen molar-refractivity contribution in [3.63, 3.8) is 0 Å². The lowest BCUT2D eigenvalue weighted by atomic mass is 10.0. The molecule has 0 radical (unpaired) electrons. The van der Waals surface area contributed by atoms with E-state index in [2.05, 4.69) is 0 Å². The van der Waals surface area contributed by atoms with Crippen molar-refractivity contribution < 1.29 is 19.0 Å². The molecule has 0 aliphatic heterocycles. The molecule has 5 heteroatoms. The first kappa shape index (κ1) is 14.8. The molecule has 1 unspecified atom stereocenters. The van der Waals surface area contributed by atoms with Crippen LogP contribution in [0.3, 0.4) is 0 Å². The SMILES string of the molecule is CCOc1ccc(C(O)c2ccoc2Cl)cc1OCC. The normalized spacial score (nSPS) is 12.2. The van der Waals surface area contributed by atoms with E-state index < -0.39 is 6.10 Å². The molecule has 0 aliphatic rings. The molecule has 4 nitrogen and oxygen atoms in total. The smallest absolute Gasteiger partial charge is 0.199 e. The van der Waals surface area contributed by atoms with Gasteiger partial charge in [0.2, 0.25) is 0 Å². The maximum absolute atomic E-state index is 10.3. The van der Waals surface area contributed by atoms with Crippen LogP contribution in [0.4, 0.5) is 0 Å². The Balaban J connectivity index is 2.32. The summed E-state index contributed by atoms with van der Waals surface area (Å²) < 4.78 is 16.0. The molecule has 0 fully saturated rings. The van der Waals surface area contributed by atoms with Crippen LogP contribution in [0.1, 0.15) is 31.1 Å². The third-order valence-corrected chi connectivity index (χ3v) is 3.13. The molecule has 1 heterocycles. The Morgan fingerprint density at radius 2 is 1.85 bits per heavy atom. The topological polar surface area (TPSA) is 51.8 Å². The van der Waals surface area contributed by atoms with Gasteiger partial charge in [-0.15, -0.1) is 0 Å². The van der Waals surface area contributed by atoms with Crippen LogP contribution in [-0.2, 0) is 0 Å². The fraction of sp³-hybridized carbons (Fsp3) is 0.333. The highest BCUT2D eigenvalue weighted by Crippen LogP contribution is 2.35. The van der Waals surface area contributed by atoms with E-state index in [4.69, 9.17) is 25.5 Å². The van der Waals surface area contributed by atoms with Crippen molar-refractivity contribution in [2.45, 2.75) is 20.0 Å². The fourth-order valence-corrected chi connectivity index (χ4v) is 2.13. The maximum Gasteiger partial charge on any atom is 0.199 e. The Labute approximate surface area is 122 Å². The Bertz CT molecular complexity index is 565. The molecule has 2 rings (SSSR count). The lowest BCUT2D eigenvalue weighted by Gasteiger charge is -2.15. The van der Waals surface area contributed by atoms with Gasteiger partial charge in [0.05, 0.1) is 19.5 Å². The number of halogens is 1. The number of aliphatic hydroxyl groups is 1. The van der Waals surface area contributed by atoms with E-state index in [0.29, 0.717) is 35.8 Å². The molecule has 0 bridgehead atoms. The van der Waals surface area contributed by atoms with Crippen molar-refractivity contribution in [1.29, 1.82) is 0 Å². The van der Waals surface area contributed by atoms with Gasteiger partial charge in [-0.2, -0.15) is 0 Å². The minimum atomic E-state index is -0.865. The molecule has 1 aromatic heterocycles. The van der Waals surface area contributed by atoms with Gasteiger partial charge in [0.1, 0.15) is 6.10 Å². The maximum atomic E-state index is 10.3. The minimum absolute atomic E-state index is 0.185. The summed E-state index contributed by atoms with van der Waals surface area (Å²) in [5, 5.41) is 10.5. The Hall–Kier alpha value is -1.65. The zero-order valence-corrected chi connectivity index (χ0v) is 12.2. The monoisotopic (exact) mass is 296 g/mol. The number of benzene rings is 1. The van der Waals surface area contributed by atoms with Gasteiger partial charge < -0.3 is 19.0 Å². The van der Waals surface area contributed by atoms with Crippen molar-refractivity contribution in [3.05, 3.63) is 46.9 Å². The van der Waals surface area contributed by atoms with Gasteiger partial charge in [0.25, 0.3) is 0 Å². The summed E-state index contributed by atoms with van der Waals surface area (Å²) in [5.41, 5.74) is 1.19. The summed E-state index contributed by atoms with van der Waals surface area (Å²) in [7, 11) is 0. The number of aliphatic hydroxyl groups excluding tert-OH is 1. The molecule has 0 spiro atoms. The van der Waals surface area contributed by atoms with E-state index in [1.54, 1.807) is 24.3 Å². The third-order valence-electron chi connectivity index (χ3n) is 2.82. The highest BCUT2D eigenvalue weighted by atomic mass is 35.5. The quantitative estimate of drug-likeness (QED) is 0.880. The average Bonchev–Trinajstić information content (AvgIpc) is 2.86. The van der Waals surface area contributed by atoms with Crippen molar-refractivity contribution >= 4 is 11.6 Å². The van der Waals surface area contributed by atoms with Gasteiger partial charge in [0, 0.05) is 5.56 Å². The molecular weight excluding hydrogens is 280 g/mol. The van der Waals surface area contributed by atoms with Gasteiger partial charge in [-0.1, -0.05) is 6.07 Å². The zero-order valence-electron chi connectivity index (χ0n) is 11.4. The van der Waals surface area contributed by atoms with Crippen LogP contribution in [-0.4, -0.2) is 18.3 Å². The fourth-order valence-electron chi connectivity index (χ4n) is 1.92. The number of furan rings is 1. The lowest BCUT2D eigenvalue weighted by Crippen LogP contribution is -2.03. The van der Waals surface area contributed by atoms with E-state index in [-0.39, 0.29) is 5.22 Å². The van der Waals surface area contributed by atoms with Crippen LogP contribution in [0.2, 0.25) is 5.22 Å². The van der Waals surface area contributed by atoms with Gasteiger partial charge >= 0.3 is 0 Å². The number of ether oxygens (including phenoxy) is 2. The first-order valence-corrected chi connectivity index (χ1v) is 6.85. The molecule has 108 valence electrons. The van der Waals surface area contributed by atoms with Gasteiger partial charge in [-0.05, 0) is 49.2 Å². The summed E-state index contributed by atoms with van der Waals surface area (Å²) in [6.07, 6.45) is 0.579. The van der Waals surface area contributed by atoms with Crippen LogP contribution < -0.4 is 9.47 Å². The molecule has 20 heavy (non-hydrogen) atoms. The summed E-state index contributed by atoms with van der Waals surface area (Å²) in [4.78, 5) is 0. The van der Waals surface area contributed by atoms with Gasteiger partial charge in [0.15, 0.2) is 16.7 Å². The summed E-state index contributed by atoms with van der Waals surface area (Å²) in [6.45, 7) is 4.87. The van der Waals surface area contributed by atoms with E-state index >= 15 is 0 Å². The van der Waals surface area contributed by atoms with Crippen molar-refractivity contribution in [2.75, 3.05) is 13.2 Å². The molecule has 0 saturated heterocycles. The largest absolute Gasteiger partial charge is 0.490 e. The lowest BCUT2D eigenvalue weighted by molar-refractivity contribution is 0.218. The summed E-state index contributed by atoms with van der Waals surface area (Å²) >= 11 is 5.88. The average molecular weight is 297 g/mol. The van der Waals surface area contributed by atoms with Crippen LogP contribution in [0.15, 0.2) is 34.9 Å². The minimum Gasteiger partial charge on any atom is -0.490 e. The Morgan fingerprint density at radius 3 is 2.45 bits per heavy atom. The highest BCUT2D eigenvalue weighted by Gasteiger charge is 2.18. The van der Waals surface area contributed by atoms with Crippen LogP contribution in [0.5, 0.6) is 11.5 Å². The predicted octanol–water partition coefficient (Wildman–Crippen LogP) is 3.81. The number of hydrogen-bond acceptors (Lipinski definition) is 4. The van der Waals surface area contributed by atoms with Gasteiger partial charge in [-0.3, -0.25) is 0 Å². The number of hydrogen-bond donors (Lipinski definition) is 1. The molecule has 1 aromatic carbocycles. The van der Waals surface area contributed by atoms with E-state index in [1.807, 2.05) is 13.8 Å². The van der Waals surface area contributed by atoms with Crippen molar-refractivity contribution in [1.82, 2.24) is 0 Å². The second-order valence-corrected chi connectivity index (χ2v) is 4.47. The van der Waals surface area contributed by atoms with Crippen LogP contribution >= 0.6 is 11.6 Å². The van der Waals surface area contributed by atoms with E-state index in [0.717, 1.165) is 0 Å². The molecule has 1 N–H and O–H groups in total. The Kier molecular flexibility index (Phi) is 4.93. The number of rotatable bonds is 6. The van der Waals surface area contributed by atoms with Crippen molar-refractivity contribution in [2.24, 2.45) is 0 Å². The second-order valence-electron chi connectivity index (χ2n) is 4.12. The standard InChI is InChI=1S/C15H17ClO4/c1-3-18-12-6-5-10(9-13(12)19-4-2)14(17)11-7-8-20-15(11)16/h5-9,14,17H,3-4H2,1-2H3. The van der Waals surface area contributed by atoms with Crippen LogP contribution in [0.25, 0.3) is 0 Å². The first-order valence-electron chi connectivity index (χ1n) is 6.47. The van der Waals surface area contributed by atoms with Gasteiger partial charge in [-0.25, -0.2) is 0 Å². The molecule has 0 aliphatic carbocycles. The highest BCUT2D eigenvalue weighted by molar-refractivity contribution is 6.29. The summed E-state index contributed by atoms with van der Waals surface area (Å²) in [5.74, 6) is 1.26. The van der Waals surface area contributed by atoms with Crippen LogP contribution in [0, 0.1) is 0 Å². The van der Waals surface area contributed by atoms with Crippen molar-refractivity contribution in [3.8, 4) is 11.5 Å². The first-order chi connectivity index (χ1) is 9.67. The molecule has 0 amide bonds. The molecule has 0 saturated carbocycles.